The zero-order valence-corrected chi connectivity index (χ0v) is 9.72. The quantitative estimate of drug-likeness (QED) is 0.804. The second-order valence-corrected chi connectivity index (χ2v) is 4.00. The van der Waals surface area contributed by atoms with Crippen molar-refractivity contribution in [1.82, 2.24) is 0 Å². The summed E-state index contributed by atoms with van der Waals surface area (Å²) >= 11 is 0. The molecule has 0 spiro atoms. The van der Waals surface area contributed by atoms with Gasteiger partial charge < -0.3 is 5.73 Å². The molecule has 0 aliphatic carbocycles. The van der Waals surface area contributed by atoms with Crippen LogP contribution in [0.2, 0.25) is 0 Å². The van der Waals surface area contributed by atoms with Gasteiger partial charge >= 0.3 is 6.18 Å². The number of allylic oxidation sites excluding steroid dienone is 1. The third-order valence-electron chi connectivity index (χ3n) is 2.40. The van der Waals surface area contributed by atoms with E-state index in [2.05, 4.69) is 0 Å². The molecular formula is C13H16F3N. The van der Waals surface area contributed by atoms with Gasteiger partial charge in [0, 0.05) is 0 Å². The van der Waals surface area contributed by atoms with Gasteiger partial charge in [0.1, 0.15) is 0 Å². The topological polar surface area (TPSA) is 26.0 Å². The van der Waals surface area contributed by atoms with Crippen LogP contribution in [0.15, 0.2) is 35.9 Å². The van der Waals surface area contributed by atoms with Crippen LogP contribution < -0.4 is 5.73 Å². The van der Waals surface area contributed by atoms with Crippen LogP contribution in [0, 0.1) is 0 Å². The molecule has 0 radical (unpaired) electrons. The van der Waals surface area contributed by atoms with Gasteiger partial charge in [-0.3, -0.25) is 0 Å². The average molecular weight is 243 g/mol. The molecule has 94 valence electrons. The molecule has 17 heavy (non-hydrogen) atoms. The van der Waals surface area contributed by atoms with E-state index in [0.29, 0.717) is 18.5 Å². The molecule has 0 heterocycles. The van der Waals surface area contributed by atoms with Crippen LogP contribution in [0.5, 0.6) is 0 Å². The van der Waals surface area contributed by atoms with E-state index in [9.17, 15) is 13.2 Å². The number of benzene rings is 1. The number of hydrogen-bond acceptors (Lipinski definition) is 1. The molecule has 0 aromatic heterocycles. The van der Waals surface area contributed by atoms with Crippen LogP contribution in [0.25, 0.3) is 0 Å². The van der Waals surface area contributed by atoms with E-state index in [1.165, 1.54) is 12.1 Å². The van der Waals surface area contributed by atoms with Gasteiger partial charge in [0.25, 0.3) is 0 Å². The lowest BCUT2D eigenvalue weighted by atomic mass is 10.0. The minimum Gasteiger partial charge on any atom is -0.330 e. The first kappa shape index (κ1) is 13.8. The normalized spacial score (nSPS) is 12.9. The fourth-order valence-corrected chi connectivity index (χ4v) is 1.58. The van der Waals surface area contributed by atoms with Crippen molar-refractivity contribution in [2.45, 2.75) is 25.9 Å². The molecule has 0 saturated heterocycles. The molecule has 0 saturated carbocycles. The Morgan fingerprint density at radius 2 is 2.06 bits per heavy atom. The van der Waals surface area contributed by atoms with Crippen molar-refractivity contribution in [2.75, 3.05) is 6.54 Å². The van der Waals surface area contributed by atoms with Crippen molar-refractivity contribution < 1.29 is 13.2 Å². The second kappa shape index (κ2) is 5.87. The highest BCUT2D eigenvalue weighted by Gasteiger charge is 2.30. The van der Waals surface area contributed by atoms with Crippen LogP contribution in [-0.2, 0) is 12.6 Å². The van der Waals surface area contributed by atoms with Gasteiger partial charge in [-0.15, -0.1) is 0 Å². The van der Waals surface area contributed by atoms with Crippen LogP contribution in [0.1, 0.15) is 24.5 Å². The molecule has 1 rings (SSSR count). The number of rotatable bonds is 4. The number of nitrogens with two attached hydrogens (primary N) is 1. The molecule has 1 aromatic carbocycles. The van der Waals surface area contributed by atoms with Gasteiger partial charge in [-0.25, -0.2) is 0 Å². The van der Waals surface area contributed by atoms with E-state index in [1.807, 2.05) is 13.0 Å². The Morgan fingerprint density at radius 1 is 1.35 bits per heavy atom. The number of alkyl halides is 3. The Balaban J connectivity index is 2.79. The van der Waals surface area contributed by atoms with Crippen molar-refractivity contribution in [2.24, 2.45) is 5.73 Å². The first-order valence-electron chi connectivity index (χ1n) is 5.45. The molecule has 4 heteroatoms. The van der Waals surface area contributed by atoms with E-state index >= 15 is 0 Å². The minimum absolute atomic E-state index is 0.532. The molecule has 0 fully saturated rings. The summed E-state index contributed by atoms with van der Waals surface area (Å²) < 4.78 is 37.4. The molecule has 0 amide bonds. The molecule has 0 bridgehead atoms. The molecule has 0 aliphatic heterocycles. The lowest BCUT2D eigenvalue weighted by molar-refractivity contribution is -0.137. The summed E-state index contributed by atoms with van der Waals surface area (Å²) in [5.74, 6) is 0. The zero-order chi connectivity index (χ0) is 12.9. The third kappa shape index (κ3) is 4.61. The Hall–Kier alpha value is -1.29. The average Bonchev–Trinajstić information content (AvgIpc) is 2.25. The van der Waals surface area contributed by atoms with Crippen LogP contribution in [0.4, 0.5) is 13.2 Å². The van der Waals surface area contributed by atoms with Crippen LogP contribution in [0.3, 0.4) is 0 Å². The van der Waals surface area contributed by atoms with E-state index in [4.69, 9.17) is 5.73 Å². The highest BCUT2D eigenvalue weighted by Crippen LogP contribution is 2.29. The van der Waals surface area contributed by atoms with Gasteiger partial charge in [-0.05, 0) is 37.9 Å². The van der Waals surface area contributed by atoms with E-state index in [-0.39, 0.29) is 0 Å². The highest BCUT2D eigenvalue weighted by atomic mass is 19.4. The summed E-state index contributed by atoms with van der Waals surface area (Å²) in [6.07, 6.45) is -1.03. The van der Waals surface area contributed by atoms with Crippen LogP contribution >= 0.6 is 0 Å². The monoisotopic (exact) mass is 243 g/mol. The summed E-state index contributed by atoms with van der Waals surface area (Å²) in [6, 6.07) is 5.42. The number of halogens is 3. The Kier molecular flexibility index (Phi) is 4.75. The van der Waals surface area contributed by atoms with Gasteiger partial charge in [0.2, 0.25) is 0 Å². The molecule has 1 nitrogen and oxygen atoms in total. The first-order valence-corrected chi connectivity index (χ1v) is 5.45. The largest absolute Gasteiger partial charge is 0.416 e. The van der Waals surface area contributed by atoms with Gasteiger partial charge in [-0.1, -0.05) is 29.8 Å². The highest BCUT2D eigenvalue weighted by molar-refractivity contribution is 5.28. The van der Waals surface area contributed by atoms with Crippen molar-refractivity contribution >= 4 is 0 Å². The van der Waals surface area contributed by atoms with Gasteiger partial charge in [0.05, 0.1) is 5.56 Å². The number of hydrogen-bond donors (Lipinski definition) is 1. The van der Waals surface area contributed by atoms with E-state index in [1.54, 1.807) is 6.07 Å². The lowest BCUT2D eigenvalue weighted by Gasteiger charge is -2.09. The van der Waals surface area contributed by atoms with Crippen molar-refractivity contribution in [3.63, 3.8) is 0 Å². The minimum atomic E-state index is -4.27. The maximum atomic E-state index is 12.5. The predicted molar refractivity (Wildman–Crippen MR) is 62.6 cm³/mol. The summed E-state index contributed by atoms with van der Waals surface area (Å²) in [5.41, 5.74) is 6.47. The fourth-order valence-electron chi connectivity index (χ4n) is 1.58. The summed E-state index contributed by atoms with van der Waals surface area (Å²) in [5, 5.41) is 0. The second-order valence-electron chi connectivity index (χ2n) is 4.00. The fraction of sp³-hybridized carbons (Fsp3) is 0.385. The van der Waals surface area contributed by atoms with E-state index in [0.717, 1.165) is 18.1 Å². The third-order valence-corrected chi connectivity index (χ3v) is 2.40. The maximum Gasteiger partial charge on any atom is 0.416 e. The lowest BCUT2D eigenvalue weighted by Crippen LogP contribution is -2.05. The Morgan fingerprint density at radius 3 is 2.65 bits per heavy atom. The predicted octanol–water partition coefficient (Wildman–Crippen LogP) is 3.54. The van der Waals surface area contributed by atoms with Crippen molar-refractivity contribution in [3.05, 3.63) is 47.0 Å². The first-order chi connectivity index (χ1) is 7.93. The summed E-state index contributed by atoms with van der Waals surface area (Å²) in [7, 11) is 0. The standard InChI is InChI=1S/C13H16F3N/c1-10(4-3-7-17)8-11-5-2-6-12(9-11)13(14,15)16/h2,4-6,9H,3,7-8,17H2,1H3. The van der Waals surface area contributed by atoms with Crippen LogP contribution in [-0.4, -0.2) is 6.54 Å². The molecular weight excluding hydrogens is 227 g/mol. The molecule has 0 aliphatic rings. The smallest absolute Gasteiger partial charge is 0.330 e. The molecule has 0 unspecified atom stereocenters. The van der Waals surface area contributed by atoms with E-state index < -0.39 is 11.7 Å². The maximum absolute atomic E-state index is 12.5. The molecule has 1 aromatic rings. The molecule has 2 N–H and O–H groups in total. The van der Waals surface area contributed by atoms with Gasteiger partial charge in [0.15, 0.2) is 0 Å². The van der Waals surface area contributed by atoms with Gasteiger partial charge in [-0.2, -0.15) is 13.2 Å². The SMILES string of the molecule is CC(=CCCN)Cc1cccc(C(F)(F)F)c1. The summed E-state index contributed by atoms with van der Waals surface area (Å²) in [4.78, 5) is 0. The summed E-state index contributed by atoms with van der Waals surface area (Å²) in [6.45, 7) is 2.45. The van der Waals surface area contributed by atoms with Crippen molar-refractivity contribution in [3.8, 4) is 0 Å². The Labute approximate surface area is 99.1 Å². The Bertz CT molecular complexity index is 394. The van der Waals surface area contributed by atoms with Crippen molar-refractivity contribution in [1.29, 1.82) is 0 Å². The zero-order valence-electron chi connectivity index (χ0n) is 9.72. The molecule has 0 atom stereocenters.